The number of halogens is 2. The number of carbonyl (C=O) groups is 2. The second-order valence-corrected chi connectivity index (χ2v) is 10.6. The second kappa shape index (κ2) is 11.4. The number of anilines is 1. The predicted molar refractivity (Wildman–Crippen MR) is 145 cm³/mol. The summed E-state index contributed by atoms with van der Waals surface area (Å²) in [5, 5.41) is 4.39. The lowest BCUT2D eigenvalue weighted by atomic mass is 9.88. The Balaban J connectivity index is 1.46. The average molecular weight is 545 g/mol. The minimum absolute atomic E-state index is 0.179. The van der Waals surface area contributed by atoms with Crippen LogP contribution >= 0.6 is 34.5 Å². The standard InChI is InChI=1S/C27H26Cl2N2O4S/c1-15-6-9-17-23(12-15)36-27(25(17)26(30)33)31-24(32)11-8-16-7-10-21(22(13-16)34-2)35-14-18-19(28)4-3-5-20(18)29/h3-5,7-8,10-11,13,15H,6,9,12,14H2,1-2H3,(H2,30,33)(H,31,32)/b11-8+. The number of rotatable bonds is 8. The zero-order valence-electron chi connectivity index (χ0n) is 19.9. The van der Waals surface area contributed by atoms with Gasteiger partial charge in [-0.1, -0.05) is 42.3 Å². The lowest BCUT2D eigenvalue weighted by molar-refractivity contribution is -0.111. The summed E-state index contributed by atoms with van der Waals surface area (Å²) < 4.78 is 11.3. The topological polar surface area (TPSA) is 90.6 Å². The third-order valence-electron chi connectivity index (χ3n) is 6.04. The minimum atomic E-state index is -0.514. The highest BCUT2D eigenvalue weighted by molar-refractivity contribution is 7.17. The highest BCUT2D eigenvalue weighted by Gasteiger charge is 2.27. The molecule has 36 heavy (non-hydrogen) atoms. The molecule has 0 saturated heterocycles. The van der Waals surface area contributed by atoms with Gasteiger partial charge < -0.3 is 20.5 Å². The summed E-state index contributed by atoms with van der Waals surface area (Å²) in [5.41, 5.74) is 8.47. The number of thiophene rings is 1. The van der Waals surface area contributed by atoms with Crippen molar-refractivity contribution in [3.8, 4) is 11.5 Å². The summed E-state index contributed by atoms with van der Waals surface area (Å²) in [5.74, 6) is 0.692. The van der Waals surface area contributed by atoms with Crippen molar-refractivity contribution in [3.63, 3.8) is 0 Å². The van der Waals surface area contributed by atoms with Gasteiger partial charge in [-0.25, -0.2) is 0 Å². The molecule has 6 nitrogen and oxygen atoms in total. The van der Waals surface area contributed by atoms with Crippen molar-refractivity contribution in [3.05, 3.63) is 79.7 Å². The summed E-state index contributed by atoms with van der Waals surface area (Å²) in [6.45, 7) is 2.36. The molecule has 1 aromatic heterocycles. The van der Waals surface area contributed by atoms with E-state index < -0.39 is 5.91 Å². The molecule has 188 valence electrons. The maximum atomic E-state index is 12.7. The molecule has 0 bridgehead atoms. The van der Waals surface area contributed by atoms with E-state index in [1.165, 1.54) is 24.5 Å². The van der Waals surface area contributed by atoms with Gasteiger partial charge in [-0.3, -0.25) is 9.59 Å². The first-order valence-electron chi connectivity index (χ1n) is 11.4. The second-order valence-electron chi connectivity index (χ2n) is 8.64. The molecule has 2 aromatic carbocycles. The van der Waals surface area contributed by atoms with Gasteiger partial charge in [-0.15, -0.1) is 11.3 Å². The third-order valence-corrected chi connectivity index (χ3v) is 7.92. The van der Waals surface area contributed by atoms with Crippen LogP contribution in [0.25, 0.3) is 6.08 Å². The molecule has 1 unspecified atom stereocenters. The van der Waals surface area contributed by atoms with Crippen molar-refractivity contribution < 1.29 is 19.1 Å². The number of fused-ring (bicyclic) bond motifs is 1. The largest absolute Gasteiger partial charge is 0.493 e. The van der Waals surface area contributed by atoms with Crippen molar-refractivity contribution in [2.24, 2.45) is 11.7 Å². The van der Waals surface area contributed by atoms with Crippen molar-refractivity contribution in [1.82, 2.24) is 0 Å². The fraction of sp³-hybridized carbons (Fsp3) is 0.259. The summed E-state index contributed by atoms with van der Waals surface area (Å²) in [7, 11) is 1.54. The molecule has 3 aromatic rings. The Bertz CT molecular complexity index is 1320. The summed E-state index contributed by atoms with van der Waals surface area (Å²) in [4.78, 5) is 25.9. The Morgan fingerprint density at radius 3 is 2.64 bits per heavy atom. The summed E-state index contributed by atoms with van der Waals surface area (Å²) >= 11 is 13.9. The number of benzene rings is 2. The maximum Gasteiger partial charge on any atom is 0.251 e. The Hall–Kier alpha value is -3.00. The first-order valence-corrected chi connectivity index (χ1v) is 13.0. The van der Waals surface area contributed by atoms with E-state index in [-0.39, 0.29) is 12.5 Å². The van der Waals surface area contributed by atoms with Gasteiger partial charge in [0, 0.05) is 26.6 Å². The van der Waals surface area contributed by atoms with Crippen LogP contribution in [0.4, 0.5) is 5.00 Å². The number of ether oxygens (including phenoxy) is 2. The van der Waals surface area contributed by atoms with E-state index in [0.29, 0.717) is 43.6 Å². The van der Waals surface area contributed by atoms with Crippen molar-refractivity contribution in [2.75, 3.05) is 12.4 Å². The number of hydrogen-bond acceptors (Lipinski definition) is 5. The van der Waals surface area contributed by atoms with Crippen LogP contribution in [0.3, 0.4) is 0 Å². The number of carbonyl (C=O) groups excluding carboxylic acids is 2. The Morgan fingerprint density at radius 1 is 1.19 bits per heavy atom. The van der Waals surface area contributed by atoms with E-state index in [0.717, 1.165) is 35.3 Å². The van der Waals surface area contributed by atoms with Crippen molar-refractivity contribution in [1.29, 1.82) is 0 Å². The van der Waals surface area contributed by atoms with Crippen LogP contribution in [0.1, 0.15) is 45.3 Å². The lowest BCUT2D eigenvalue weighted by Crippen LogP contribution is -2.18. The van der Waals surface area contributed by atoms with Crippen molar-refractivity contribution in [2.45, 2.75) is 32.8 Å². The third kappa shape index (κ3) is 5.86. The molecule has 0 aliphatic heterocycles. The molecule has 4 rings (SSSR count). The molecular formula is C27H26Cl2N2O4S. The van der Waals surface area contributed by atoms with Gasteiger partial charge in [-0.2, -0.15) is 0 Å². The first kappa shape index (κ1) is 26.1. The van der Waals surface area contributed by atoms with E-state index in [1.54, 1.807) is 42.5 Å². The zero-order chi connectivity index (χ0) is 25.8. The normalized spacial score (nSPS) is 14.9. The quantitative estimate of drug-likeness (QED) is 0.316. The van der Waals surface area contributed by atoms with Crippen LogP contribution in [0.2, 0.25) is 10.0 Å². The number of nitrogens with two attached hydrogens (primary N) is 1. The van der Waals surface area contributed by atoms with Gasteiger partial charge in [0.15, 0.2) is 11.5 Å². The molecule has 1 aliphatic carbocycles. The van der Waals surface area contributed by atoms with E-state index in [4.69, 9.17) is 38.4 Å². The molecule has 3 N–H and O–H groups in total. The number of methoxy groups -OCH3 is 1. The van der Waals surface area contributed by atoms with Gasteiger partial charge in [0.1, 0.15) is 11.6 Å². The van der Waals surface area contributed by atoms with E-state index in [9.17, 15) is 9.59 Å². The maximum absolute atomic E-state index is 12.7. The predicted octanol–water partition coefficient (Wildman–Crippen LogP) is 6.52. The first-order chi connectivity index (χ1) is 17.3. The number of nitrogens with one attached hydrogen (secondary N) is 1. The number of primary amides is 1. The number of hydrogen-bond donors (Lipinski definition) is 2. The van der Waals surface area contributed by atoms with Crippen LogP contribution in [0.5, 0.6) is 11.5 Å². The van der Waals surface area contributed by atoms with Crippen molar-refractivity contribution >= 4 is 57.4 Å². The molecule has 2 amide bonds. The lowest BCUT2D eigenvalue weighted by Gasteiger charge is -2.18. The summed E-state index contributed by atoms with van der Waals surface area (Å²) in [6.07, 6.45) is 5.76. The molecule has 1 heterocycles. The van der Waals surface area contributed by atoms with Gasteiger partial charge in [-0.05, 0) is 66.6 Å². The van der Waals surface area contributed by atoms with Crippen LogP contribution in [0.15, 0.2) is 42.5 Å². The molecule has 0 saturated carbocycles. The van der Waals surface area contributed by atoms with Crippen LogP contribution in [-0.2, 0) is 24.2 Å². The zero-order valence-corrected chi connectivity index (χ0v) is 22.2. The van der Waals surface area contributed by atoms with E-state index in [1.807, 2.05) is 0 Å². The molecule has 1 aliphatic rings. The molecule has 0 radical (unpaired) electrons. The van der Waals surface area contributed by atoms with E-state index in [2.05, 4.69) is 12.2 Å². The van der Waals surface area contributed by atoms with Crippen LogP contribution < -0.4 is 20.5 Å². The monoisotopic (exact) mass is 544 g/mol. The molecule has 9 heteroatoms. The molecule has 1 atom stereocenters. The number of amides is 2. The molecular weight excluding hydrogens is 519 g/mol. The van der Waals surface area contributed by atoms with E-state index >= 15 is 0 Å². The fourth-order valence-electron chi connectivity index (χ4n) is 4.15. The van der Waals surface area contributed by atoms with Gasteiger partial charge in [0.05, 0.1) is 12.7 Å². The van der Waals surface area contributed by atoms with Crippen LogP contribution in [0, 0.1) is 5.92 Å². The fourth-order valence-corrected chi connectivity index (χ4v) is 6.08. The molecule has 0 fully saturated rings. The highest BCUT2D eigenvalue weighted by Crippen LogP contribution is 2.39. The van der Waals surface area contributed by atoms with Gasteiger partial charge in [0.2, 0.25) is 5.91 Å². The summed E-state index contributed by atoms with van der Waals surface area (Å²) in [6, 6.07) is 10.6. The Labute approximate surface area is 224 Å². The van der Waals surface area contributed by atoms with Gasteiger partial charge in [0.25, 0.3) is 5.91 Å². The minimum Gasteiger partial charge on any atom is -0.493 e. The average Bonchev–Trinajstić information content (AvgIpc) is 3.19. The SMILES string of the molecule is COc1cc(/C=C/C(=O)Nc2sc3c(c2C(N)=O)CCC(C)C3)ccc1OCc1c(Cl)cccc1Cl. The van der Waals surface area contributed by atoms with Crippen LogP contribution in [-0.4, -0.2) is 18.9 Å². The van der Waals surface area contributed by atoms with Gasteiger partial charge >= 0.3 is 0 Å². The smallest absolute Gasteiger partial charge is 0.251 e. The Morgan fingerprint density at radius 2 is 1.94 bits per heavy atom. The highest BCUT2D eigenvalue weighted by atomic mass is 35.5. The molecule has 0 spiro atoms. The Kier molecular flexibility index (Phi) is 8.24.